The van der Waals surface area contributed by atoms with Crippen LogP contribution in [0.2, 0.25) is 5.02 Å². The Kier molecular flexibility index (Phi) is 6.10. The molecule has 1 aliphatic heterocycles. The number of aliphatic imine (C=N–C) groups is 1. The molecular formula is C21H22ClN3O2S. The summed E-state index contributed by atoms with van der Waals surface area (Å²) >= 11 is 7.31. The van der Waals surface area contributed by atoms with Gasteiger partial charge in [0.05, 0.1) is 5.69 Å². The van der Waals surface area contributed by atoms with Gasteiger partial charge in [-0.2, -0.15) is 0 Å². The van der Waals surface area contributed by atoms with Gasteiger partial charge in [-0.3, -0.25) is 14.5 Å². The molecular weight excluding hydrogens is 394 g/mol. The van der Waals surface area contributed by atoms with Crippen molar-refractivity contribution in [2.45, 2.75) is 32.4 Å². The zero-order valence-corrected chi connectivity index (χ0v) is 17.8. The summed E-state index contributed by atoms with van der Waals surface area (Å²) in [6.07, 6.45) is 0.0975. The third-order valence-electron chi connectivity index (χ3n) is 4.63. The molecule has 3 rings (SSSR count). The molecule has 1 saturated heterocycles. The second kappa shape index (κ2) is 8.37. The quantitative estimate of drug-likeness (QED) is 0.775. The third kappa shape index (κ3) is 4.39. The number of carbonyl (C=O) groups excluding carboxylic acids is 2. The topological polar surface area (TPSA) is 61.8 Å². The molecule has 2 aromatic rings. The van der Waals surface area contributed by atoms with Gasteiger partial charge in [-0.15, -0.1) is 0 Å². The van der Waals surface area contributed by atoms with Gasteiger partial charge in [0.25, 0.3) is 0 Å². The molecule has 0 aliphatic carbocycles. The van der Waals surface area contributed by atoms with Gasteiger partial charge in [0.2, 0.25) is 11.8 Å². The van der Waals surface area contributed by atoms with E-state index in [1.807, 2.05) is 51.1 Å². The lowest BCUT2D eigenvalue weighted by Crippen LogP contribution is -2.30. The zero-order chi connectivity index (χ0) is 20.4. The number of benzene rings is 2. The van der Waals surface area contributed by atoms with Gasteiger partial charge in [-0.1, -0.05) is 41.6 Å². The Hall–Kier alpha value is -2.31. The summed E-state index contributed by atoms with van der Waals surface area (Å²) in [5.41, 5.74) is 4.49. The van der Waals surface area contributed by atoms with Crippen LogP contribution in [0.15, 0.2) is 41.4 Å². The summed E-state index contributed by atoms with van der Waals surface area (Å²) in [6, 6.07) is 11.3. The molecule has 0 spiro atoms. The maximum absolute atomic E-state index is 12.6. The van der Waals surface area contributed by atoms with E-state index in [0.29, 0.717) is 10.2 Å². The Morgan fingerprint density at radius 3 is 2.50 bits per heavy atom. The number of para-hydroxylation sites is 1. The average Bonchev–Trinajstić information content (AvgIpc) is 2.88. The molecule has 1 heterocycles. The predicted octanol–water partition coefficient (Wildman–Crippen LogP) is 4.86. The van der Waals surface area contributed by atoms with Gasteiger partial charge in [0.1, 0.15) is 5.25 Å². The lowest BCUT2D eigenvalue weighted by Gasteiger charge is -2.12. The van der Waals surface area contributed by atoms with Gasteiger partial charge in [0.15, 0.2) is 5.17 Å². The number of hydrogen-bond donors (Lipinski definition) is 1. The normalized spacial score (nSPS) is 18.0. The number of nitrogens with zero attached hydrogens (tertiary/aromatic N) is 2. The van der Waals surface area contributed by atoms with E-state index < -0.39 is 5.25 Å². The van der Waals surface area contributed by atoms with Crippen molar-refractivity contribution in [1.29, 1.82) is 0 Å². The number of nitrogens with one attached hydrogen (secondary N) is 1. The fourth-order valence-electron chi connectivity index (χ4n) is 3.02. The van der Waals surface area contributed by atoms with Crippen LogP contribution in [-0.4, -0.2) is 34.2 Å². The molecule has 2 amide bonds. The number of halogens is 1. The van der Waals surface area contributed by atoms with Gasteiger partial charge < -0.3 is 5.32 Å². The van der Waals surface area contributed by atoms with E-state index in [-0.39, 0.29) is 18.2 Å². The van der Waals surface area contributed by atoms with Crippen molar-refractivity contribution in [2.75, 3.05) is 12.4 Å². The minimum atomic E-state index is -0.485. The molecule has 1 N–H and O–H groups in total. The minimum Gasteiger partial charge on any atom is -0.326 e. The van der Waals surface area contributed by atoms with E-state index in [9.17, 15) is 9.59 Å². The monoisotopic (exact) mass is 415 g/mol. The van der Waals surface area contributed by atoms with E-state index >= 15 is 0 Å². The molecule has 0 saturated carbocycles. The lowest BCUT2D eigenvalue weighted by atomic mass is 10.1. The van der Waals surface area contributed by atoms with E-state index in [2.05, 4.69) is 10.3 Å². The number of amides is 2. The van der Waals surface area contributed by atoms with Crippen molar-refractivity contribution >= 4 is 51.7 Å². The van der Waals surface area contributed by atoms with E-state index in [0.717, 1.165) is 28.1 Å². The third-order valence-corrected chi connectivity index (χ3v) is 6.10. The number of amidine groups is 1. The highest BCUT2D eigenvalue weighted by molar-refractivity contribution is 8.15. The maximum atomic E-state index is 12.6. The van der Waals surface area contributed by atoms with Crippen LogP contribution in [0.1, 0.15) is 23.1 Å². The van der Waals surface area contributed by atoms with Crippen LogP contribution in [0.3, 0.4) is 0 Å². The molecule has 5 nitrogen and oxygen atoms in total. The second-order valence-electron chi connectivity index (χ2n) is 6.85. The van der Waals surface area contributed by atoms with Crippen LogP contribution in [0.4, 0.5) is 11.4 Å². The molecule has 146 valence electrons. The summed E-state index contributed by atoms with van der Waals surface area (Å²) in [7, 11) is 1.68. The van der Waals surface area contributed by atoms with E-state index in [1.165, 1.54) is 16.7 Å². The Bertz CT molecular complexity index is 954. The van der Waals surface area contributed by atoms with E-state index in [1.54, 1.807) is 13.1 Å². The predicted molar refractivity (Wildman–Crippen MR) is 117 cm³/mol. The van der Waals surface area contributed by atoms with Crippen LogP contribution in [0.5, 0.6) is 0 Å². The first-order valence-corrected chi connectivity index (χ1v) is 10.2. The molecule has 7 heteroatoms. The number of thioether (sulfide) groups is 1. The summed E-state index contributed by atoms with van der Waals surface area (Å²) in [5, 5.41) is 3.69. The van der Waals surface area contributed by atoms with Gasteiger partial charge in [-0.25, -0.2) is 4.99 Å². The summed E-state index contributed by atoms with van der Waals surface area (Å²) < 4.78 is 0. The first-order chi connectivity index (χ1) is 13.3. The summed E-state index contributed by atoms with van der Waals surface area (Å²) in [4.78, 5) is 31.2. The SMILES string of the molecule is Cc1cc(Cl)ccc1N=C1S[C@H](CC(=O)Nc2c(C)cccc2C)C(=O)N1C. The molecule has 0 bridgehead atoms. The molecule has 0 unspecified atom stereocenters. The fourth-order valence-corrected chi connectivity index (χ4v) is 4.39. The number of rotatable bonds is 4. The van der Waals surface area contributed by atoms with Crippen molar-refractivity contribution in [3.05, 3.63) is 58.1 Å². The van der Waals surface area contributed by atoms with Crippen molar-refractivity contribution in [2.24, 2.45) is 4.99 Å². The zero-order valence-electron chi connectivity index (χ0n) is 16.2. The number of hydrogen-bond acceptors (Lipinski definition) is 4. The molecule has 1 atom stereocenters. The van der Waals surface area contributed by atoms with E-state index in [4.69, 9.17) is 11.6 Å². The van der Waals surface area contributed by atoms with Crippen molar-refractivity contribution in [1.82, 2.24) is 4.90 Å². The highest BCUT2D eigenvalue weighted by atomic mass is 35.5. The van der Waals surface area contributed by atoms with Crippen molar-refractivity contribution < 1.29 is 9.59 Å². The number of anilines is 1. The molecule has 1 fully saturated rings. The van der Waals surface area contributed by atoms with Gasteiger partial charge in [0, 0.05) is 24.2 Å². The second-order valence-corrected chi connectivity index (χ2v) is 8.45. The van der Waals surface area contributed by atoms with Crippen LogP contribution in [0.25, 0.3) is 0 Å². The molecule has 28 heavy (non-hydrogen) atoms. The Morgan fingerprint density at radius 2 is 1.86 bits per heavy atom. The highest BCUT2D eigenvalue weighted by Crippen LogP contribution is 2.32. The summed E-state index contributed by atoms with van der Waals surface area (Å²) in [5.74, 6) is -0.299. The molecule has 0 aromatic heterocycles. The standard InChI is InChI=1S/C21H22ClN3O2S/c1-12-6-5-7-13(2)19(12)24-18(26)11-17-20(27)25(4)21(28-17)23-16-9-8-15(22)10-14(16)3/h5-10,17H,11H2,1-4H3,(H,24,26)/t17-/m1/s1. The first kappa shape index (κ1) is 20.4. The lowest BCUT2D eigenvalue weighted by molar-refractivity contribution is -0.127. The Balaban J connectivity index is 1.73. The summed E-state index contributed by atoms with van der Waals surface area (Å²) in [6.45, 7) is 5.82. The molecule has 1 aliphatic rings. The van der Waals surface area contributed by atoms with Gasteiger partial charge in [-0.05, 0) is 55.7 Å². The van der Waals surface area contributed by atoms with Crippen molar-refractivity contribution in [3.8, 4) is 0 Å². The van der Waals surface area contributed by atoms with Crippen LogP contribution in [-0.2, 0) is 9.59 Å². The number of carbonyl (C=O) groups is 2. The molecule has 2 aromatic carbocycles. The maximum Gasteiger partial charge on any atom is 0.242 e. The number of aryl methyl sites for hydroxylation is 3. The van der Waals surface area contributed by atoms with Crippen LogP contribution in [0, 0.1) is 20.8 Å². The molecule has 0 radical (unpaired) electrons. The Labute approximate surface area is 174 Å². The smallest absolute Gasteiger partial charge is 0.242 e. The fraction of sp³-hybridized carbons (Fsp3) is 0.286. The largest absolute Gasteiger partial charge is 0.326 e. The van der Waals surface area contributed by atoms with Crippen molar-refractivity contribution in [3.63, 3.8) is 0 Å². The minimum absolute atomic E-state index is 0.0975. The van der Waals surface area contributed by atoms with Gasteiger partial charge >= 0.3 is 0 Å². The highest BCUT2D eigenvalue weighted by Gasteiger charge is 2.37. The Morgan fingerprint density at radius 1 is 1.18 bits per heavy atom. The van der Waals surface area contributed by atoms with Crippen LogP contribution < -0.4 is 5.32 Å². The van der Waals surface area contributed by atoms with Crippen LogP contribution >= 0.6 is 23.4 Å². The first-order valence-electron chi connectivity index (χ1n) is 8.91. The average molecular weight is 416 g/mol.